The molecule has 1 saturated carbocycles. The van der Waals surface area contributed by atoms with Gasteiger partial charge in [0, 0.05) is 11.5 Å². The highest BCUT2D eigenvalue weighted by atomic mass is 16.7. The molecule has 1 saturated heterocycles. The number of aryl methyl sites for hydroxylation is 1. The summed E-state index contributed by atoms with van der Waals surface area (Å²) in [6, 6.07) is 16.1. The van der Waals surface area contributed by atoms with Gasteiger partial charge in [0.15, 0.2) is 6.29 Å². The zero-order valence-electron chi connectivity index (χ0n) is 24.0. The molecule has 2 aromatic carbocycles. The largest absolute Gasteiger partial charge is 0.348 e. The Balaban J connectivity index is 1.26. The van der Waals surface area contributed by atoms with Crippen molar-refractivity contribution in [2.24, 2.45) is 11.8 Å². The fourth-order valence-corrected chi connectivity index (χ4v) is 6.49. The number of hydrogen-bond donors (Lipinski definition) is 0. The van der Waals surface area contributed by atoms with Gasteiger partial charge in [-0.1, -0.05) is 114 Å². The summed E-state index contributed by atoms with van der Waals surface area (Å²) < 4.78 is 12.2. The van der Waals surface area contributed by atoms with Crippen molar-refractivity contribution >= 4 is 0 Å². The number of hydrogen-bond acceptors (Lipinski definition) is 2. The van der Waals surface area contributed by atoms with Gasteiger partial charge in [0.1, 0.15) is 0 Å². The second kappa shape index (κ2) is 15.1. The molecule has 2 heteroatoms. The minimum atomic E-state index is -0.216. The van der Waals surface area contributed by atoms with Crippen molar-refractivity contribution in [1.29, 1.82) is 0 Å². The first-order chi connectivity index (χ1) is 18.2. The van der Waals surface area contributed by atoms with Crippen molar-refractivity contribution in [2.75, 3.05) is 13.2 Å². The SMILES string of the molecule is CCCCCCC[C@H]1CC[C@H](c2ccc(-c3ccc(C4OCC(CCCCC)CO4)cc3)c(C)c2)CC1. The molecule has 1 heterocycles. The maximum atomic E-state index is 6.08. The maximum absolute atomic E-state index is 6.08. The van der Waals surface area contributed by atoms with Gasteiger partial charge in [0.25, 0.3) is 0 Å². The number of rotatable bonds is 13. The predicted octanol–water partition coefficient (Wildman–Crippen LogP) is 10.5. The minimum absolute atomic E-state index is 0.216. The van der Waals surface area contributed by atoms with Crippen molar-refractivity contribution in [3.63, 3.8) is 0 Å². The third kappa shape index (κ3) is 8.42. The van der Waals surface area contributed by atoms with Crippen molar-refractivity contribution in [3.05, 3.63) is 59.2 Å². The van der Waals surface area contributed by atoms with Crippen LogP contribution in [0.25, 0.3) is 11.1 Å². The van der Waals surface area contributed by atoms with Gasteiger partial charge in [-0.3, -0.25) is 0 Å². The summed E-state index contributed by atoms with van der Waals surface area (Å²) in [7, 11) is 0. The maximum Gasteiger partial charge on any atom is 0.183 e. The van der Waals surface area contributed by atoms with Crippen LogP contribution in [-0.2, 0) is 9.47 Å². The van der Waals surface area contributed by atoms with E-state index in [1.807, 2.05) is 0 Å². The molecule has 0 bridgehead atoms. The molecular formula is C35H52O2. The second-order valence-corrected chi connectivity index (χ2v) is 12.0. The first-order valence-electron chi connectivity index (χ1n) is 15.6. The van der Waals surface area contributed by atoms with Gasteiger partial charge in [-0.15, -0.1) is 0 Å². The highest BCUT2D eigenvalue weighted by Crippen LogP contribution is 2.39. The average molecular weight is 505 g/mol. The fourth-order valence-electron chi connectivity index (χ4n) is 6.49. The van der Waals surface area contributed by atoms with Gasteiger partial charge < -0.3 is 9.47 Å². The Bertz CT molecular complexity index is 901. The summed E-state index contributed by atoms with van der Waals surface area (Å²) in [6.45, 7) is 8.47. The molecule has 0 amide bonds. The number of unbranched alkanes of at least 4 members (excludes halogenated alkanes) is 6. The van der Waals surface area contributed by atoms with Crippen LogP contribution in [0.3, 0.4) is 0 Å². The smallest absolute Gasteiger partial charge is 0.183 e. The van der Waals surface area contributed by atoms with Gasteiger partial charge >= 0.3 is 0 Å². The minimum Gasteiger partial charge on any atom is -0.348 e. The number of benzene rings is 2. The normalized spacial score (nSPS) is 24.3. The van der Waals surface area contributed by atoms with E-state index in [0.29, 0.717) is 5.92 Å². The van der Waals surface area contributed by atoms with Gasteiger partial charge in [-0.2, -0.15) is 0 Å². The summed E-state index contributed by atoms with van der Waals surface area (Å²) in [6.07, 6.45) is 19.0. The Kier molecular flexibility index (Phi) is 11.6. The van der Waals surface area contributed by atoms with E-state index in [9.17, 15) is 0 Å². The monoisotopic (exact) mass is 504 g/mol. The molecule has 2 nitrogen and oxygen atoms in total. The molecule has 0 unspecified atom stereocenters. The van der Waals surface area contributed by atoms with Crippen LogP contribution in [0.4, 0.5) is 0 Å². The summed E-state index contributed by atoms with van der Waals surface area (Å²) in [5.41, 5.74) is 6.71. The Morgan fingerprint density at radius 2 is 1.24 bits per heavy atom. The average Bonchev–Trinajstić information content (AvgIpc) is 2.94. The van der Waals surface area contributed by atoms with Crippen molar-refractivity contribution in [1.82, 2.24) is 0 Å². The molecular weight excluding hydrogens is 452 g/mol. The van der Waals surface area contributed by atoms with E-state index >= 15 is 0 Å². The van der Waals surface area contributed by atoms with Crippen molar-refractivity contribution in [3.8, 4) is 11.1 Å². The Morgan fingerprint density at radius 3 is 1.92 bits per heavy atom. The first-order valence-corrected chi connectivity index (χ1v) is 15.6. The molecule has 4 rings (SSSR count). The van der Waals surface area contributed by atoms with Crippen LogP contribution >= 0.6 is 0 Å². The lowest BCUT2D eigenvalue weighted by Crippen LogP contribution is -2.27. The highest BCUT2D eigenvalue weighted by molar-refractivity contribution is 5.68. The number of ether oxygens (including phenoxy) is 2. The third-order valence-electron chi connectivity index (χ3n) is 8.96. The van der Waals surface area contributed by atoms with Crippen LogP contribution in [-0.4, -0.2) is 13.2 Å². The van der Waals surface area contributed by atoms with Gasteiger partial charge in [-0.05, 0) is 73.1 Å². The van der Waals surface area contributed by atoms with E-state index in [2.05, 4.69) is 63.2 Å². The van der Waals surface area contributed by atoms with Crippen LogP contribution in [0, 0.1) is 18.8 Å². The zero-order chi connectivity index (χ0) is 25.9. The summed E-state index contributed by atoms with van der Waals surface area (Å²) >= 11 is 0. The molecule has 1 aliphatic heterocycles. The Hall–Kier alpha value is -1.64. The second-order valence-electron chi connectivity index (χ2n) is 12.0. The standard InChI is InChI=1S/C35H52O2/c1-4-6-8-9-11-12-28-14-16-30(17-15-28)33-22-23-34(27(3)24-33)31-18-20-32(21-19-31)35-36-25-29(26-37-35)13-10-7-5-2/h18-24,28-30,35H,4-17,25-26H2,1-3H3/t28-,29?,30-,35?. The molecule has 2 aromatic rings. The molecule has 2 fully saturated rings. The van der Waals surface area contributed by atoms with E-state index in [1.165, 1.54) is 107 Å². The van der Waals surface area contributed by atoms with Crippen molar-refractivity contribution in [2.45, 2.75) is 123 Å². The van der Waals surface area contributed by atoms with E-state index in [1.54, 1.807) is 5.56 Å². The van der Waals surface area contributed by atoms with E-state index in [-0.39, 0.29) is 6.29 Å². The van der Waals surface area contributed by atoms with E-state index < -0.39 is 0 Å². The predicted molar refractivity (Wildman–Crippen MR) is 157 cm³/mol. The van der Waals surface area contributed by atoms with Gasteiger partial charge in [0.05, 0.1) is 13.2 Å². The third-order valence-corrected chi connectivity index (χ3v) is 8.96. The first kappa shape index (κ1) is 28.4. The molecule has 0 spiro atoms. The van der Waals surface area contributed by atoms with Crippen LogP contribution < -0.4 is 0 Å². The molecule has 37 heavy (non-hydrogen) atoms. The Morgan fingerprint density at radius 1 is 0.649 bits per heavy atom. The summed E-state index contributed by atoms with van der Waals surface area (Å²) in [4.78, 5) is 0. The van der Waals surface area contributed by atoms with Crippen LogP contribution in [0.15, 0.2) is 42.5 Å². The summed E-state index contributed by atoms with van der Waals surface area (Å²) in [5.74, 6) is 2.27. The highest BCUT2D eigenvalue weighted by Gasteiger charge is 2.24. The van der Waals surface area contributed by atoms with Crippen LogP contribution in [0.2, 0.25) is 0 Å². The Labute approximate surface area is 227 Å². The van der Waals surface area contributed by atoms with Crippen LogP contribution in [0.1, 0.15) is 133 Å². The molecule has 1 aliphatic carbocycles. The molecule has 0 aromatic heterocycles. The molecule has 204 valence electrons. The zero-order valence-corrected chi connectivity index (χ0v) is 24.0. The van der Waals surface area contributed by atoms with Gasteiger partial charge in [-0.25, -0.2) is 0 Å². The van der Waals surface area contributed by atoms with Gasteiger partial charge in [0.2, 0.25) is 0 Å². The molecule has 2 aliphatic rings. The fraction of sp³-hybridized carbons (Fsp3) is 0.657. The molecule has 0 N–H and O–H groups in total. The van der Waals surface area contributed by atoms with Crippen molar-refractivity contribution < 1.29 is 9.47 Å². The lowest BCUT2D eigenvalue weighted by atomic mass is 9.76. The van der Waals surface area contributed by atoms with E-state index in [4.69, 9.17) is 9.47 Å². The summed E-state index contributed by atoms with van der Waals surface area (Å²) in [5, 5.41) is 0. The molecule has 0 atom stereocenters. The lowest BCUT2D eigenvalue weighted by Gasteiger charge is -2.30. The topological polar surface area (TPSA) is 18.5 Å². The quantitative estimate of drug-likeness (QED) is 0.253. The van der Waals surface area contributed by atoms with Crippen LogP contribution in [0.5, 0.6) is 0 Å². The lowest BCUT2D eigenvalue weighted by molar-refractivity contribution is -0.206. The van der Waals surface area contributed by atoms with E-state index in [0.717, 1.165) is 30.6 Å². The molecule has 0 radical (unpaired) electrons.